The van der Waals surface area contributed by atoms with Gasteiger partial charge in [0.15, 0.2) is 5.69 Å². The minimum Gasteiger partial charge on any atom is -0.347 e. The molecule has 0 aliphatic carbocycles. The molecule has 0 bridgehead atoms. The number of carbonyl (C=O) groups excluding carboxylic acids is 2. The van der Waals surface area contributed by atoms with Gasteiger partial charge in [-0.05, 0) is 50.4 Å². The molecule has 0 aliphatic heterocycles. The molecular formula is C19H20N4O2S. The summed E-state index contributed by atoms with van der Waals surface area (Å²) in [7, 11) is 0. The Morgan fingerprint density at radius 1 is 1.08 bits per heavy atom. The lowest BCUT2D eigenvalue weighted by Crippen LogP contribution is -2.40. The van der Waals surface area contributed by atoms with Gasteiger partial charge in [0, 0.05) is 5.54 Å². The van der Waals surface area contributed by atoms with Crippen molar-refractivity contribution in [2.24, 2.45) is 0 Å². The molecule has 3 rings (SSSR count). The molecule has 0 spiro atoms. The van der Waals surface area contributed by atoms with E-state index in [1.807, 2.05) is 38.3 Å². The van der Waals surface area contributed by atoms with Crippen LogP contribution in [0, 0.1) is 0 Å². The van der Waals surface area contributed by atoms with Crippen molar-refractivity contribution in [3.05, 3.63) is 59.1 Å². The Bertz CT molecular complexity index is 923. The largest absolute Gasteiger partial charge is 0.347 e. The van der Waals surface area contributed by atoms with E-state index in [4.69, 9.17) is 0 Å². The Morgan fingerprint density at radius 2 is 1.85 bits per heavy atom. The first-order valence-electron chi connectivity index (χ1n) is 8.16. The number of carbonyl (C=O) groups is 2. The zero-order valence-electron chi connectivity index (χ0n) is 14.8. The molecule has 1 aromatic carbocycles. The second-order valence-corrected chi connectivity index (χ2v) is 7.80. The maximum atomic E-state index is 12.5. The maximum Gasteiger partial charge on any atom is 0.276 e. The van der Waals surface area contributed by atoms with Crippen molar-refractivity contribution in [2.45, 2.75) is 26.3 Å². The monoisotopic (exact) mass is 368 g/mol. The van der Waals surface area contributed by atoms with Crippen LogP contribution < -0.4 is 10.6 Å². The van der Waals surface area contributed by atoms with E-state index in [1.165, 1.54) is 0 Å². The van der Waals surface area contributed by atoms with Crippen LogP contribution in [0.1, 0.15) is 41.6 Å². The Balaban J connectivity index is 1.79. The van der Waals surface area contributed by atoms with Crippen LogP contribution in [0.2, 0.25) is 0 Å². The Hall–Kier alpha value is -2.93. The summed E-state index contributed by atoms with van der Waals surface area (Å²) in [4.78, 5) is 26.0. The quantitative estimate of drug-likeness (QED) is 0.652. The highest BCUT2D eigenvalue weighted by molar-refractivity contribution is 7.13. The number of nitrogens with zero attached hydrogens (tertiary/aromatic N) is 1. The lowest BCUT2D eigenvalue weighted by molar-refractivity contribution is 0.0920. The highest BCUT2D eigenvalue weighted by Gasteiger charge is 2.20. The number of thiophene rings is 1. The topological polar surface area (TPSA) is 86.9 Å². The van der Waals surface area contributed by atoms with Gasteiger partial charge in [0.2, 0.25) is 0 Å². The fourth-order valence-corrected chi connectivity index (χ4v) is 3.07. The zero-order chi connectivity index (χ0) is 18.7. The van der Waals surface area contributed by atoms with E-state index in [1.54, 1.807) is 41.7 Å². The fraction of sp³-hybridized carbons (Fsp3) is 0.211. The lowest BCUT2D eigenvalue weighted by Gasteiger charge is -2.21. The van der Waals surface area contributed by atoms with Gasteiger partial charge in [0.25, 0.3) is 11.8 Å². The molecule has 2 aromatic heterocycles. The molecule has 6 nitrogen and oxygen atoms in total. The van der Waals surface area contributed by atoms with E-state index in [9.17, 15) is 9.59 Å². The molecule has 7 heteroatoms. The van der Waals surface area contributed by atoms with Gasteiger partial charge < -0.3 is 10.6 Å². The van der Waals surface area contributed by atoms with Crippen LogP contribution in [-0.2, 0) is 0 Å². The lowest BCUT2D eigenvalue weighted by atomic mass is 10.1. The Kier molecular flexibility index (Phi) is 4.90. The first-order chi connectivity index (χ1) is 12.3. The summed E-state index contributed by atoms with van der Waals surface area (Å²) in [5, 5.41) is 14.6. The summed E-state index contributed by atoms with van der Waals surface area (Å²) in [5.74, 6) is -0.616. The first-order valence-corrected chi connectivity index (χ1v) is 9.03. The fourth-order valence-electron chi connectivity index (χ4n) is 2.38. The highest BCUT2D eigenvalue weighted by Crippen LogP contribution is 2.23. The standard InChI is InChI=1S/C19H20N4O2S/c1-19(2,3)21-17(24)12-7-4-5-8-13(12)20-18(25)15-11-14(22-23-15)16-9-6-10-26-16/h4-11H,1-3H3,(H,20,25)(H,21,24)(H,22,23). The normalized spacial score (nSPS) is 11.2. The molecule has 2 heterocycles. The second kappa shape index (κ2) is 7.13. The molecule has 0 radical (unpaired) electrons. The van der Waals surface area contributed by atoms with Crippen molar-refractivity contribution < 1.29 is 9.59 Å². The number of aromatic amines is 1. The number of hydrogen-bond donors (Lipinski definition) is 3. The number of H-pyrrole nitrogens is 1. The van der Waals surface area contributed by atoms with Crippen LogP contribution in [0.15, 0.2) is 47.8 Å². The number of para-hydroxylation sites is 1. The summed E-state index contributed by atoms with van der Waals surface area (Å²) in [6, 6.07) is 12.5. The number of nitrogens with one attached hydrogen (secondary N) is 3. The SMILES string of the molecule is CC(C)(C)NC(=O)c1ccccc1NC(=O)c1cc(-c2cccs2)[nH]n1. The summed E-state index contributed by atoms with van der Waals surface area (Å²) in [6.07, 6.45) is 0. The predicted octanol–water partition coefficient (Wildman–Crippen LogP) is 3.92. The van der Waals surface area contributed by atoms with Crippen LogP contribution in [0.4, 0.5) is 5.69 Å². The van der Waals surface area contributed by atoms with Gasteiger partial charge in [-0.3, -0.25) is 14.7 Å². The zero-order valence-corrected chi connectivity index (χ0v) is 15.6. The van der Waals surface area contributed by atoms with Gasteiger partial charge in [-0.15, -0.1) is 11.3 Å². The van der Waals surface area contributed by atoms with Crippen LogP contribution in [0.25, 0.3) is 10.6 Å². The molecular weight excluding hydrogens is 348 g/mol. The van der Waals surface area contributed by atoms with E-state index < -0.39 is 0 Å². The van der Waals surface area contributed by atoms with Crippen molar-refractivity contribution in [1.29, 1.82) is 0 Å². The molecule has 26 heavy (non-hydrogen) atoms. The molecule has 0 fully saturated rings. The predicted molar refractivity (Wildman–Crippen MR) is 104 cm³/mol. The van der Waals surface area contributed by atoms with Crippen molar-refractivity contribution in [3.63, 3.8) is 0 Å². The summed E-state index contributed by atoms with van der Waals surface area (Å²) < 4.78 is 0. The van der Waals surface area contributed by atoms with Crippen LogP contribution >= 0.6 is 11.3 Å². The molecule has 2 amide bonds. The van der Waals surface area contributed by atoms with Gasteiger partial charge in [-0.25, -0.2) is 0 Å². The van der Waals surface area contributed by atoms with Crippen LogP contribution in [0.3, 0.4) is 0 Å². The third-order valence-corrected chi connectivity index (χ3v) is 4.41. The van der Waals surface area contributed by atoms with E-state index in [2.05, 4.69) is 20.8 Å². The van der Waals surface area contributed by atoms with Crippen LogP contribution in [0.5, 0.6) is 0 Å². The van der Waals surface area contributed by atoms with Crippen molar-refractivity contribution in [1.82, 2.24) is 15.5 Å². The molecule has 3 aromatic rings. The smallest absolute Gasteiger partial charge is 0.276 e. The van der Waals surface area contributed by atoms with Gasteiger partial charge in [-0.1, -0.05) is 18.2 Å². The molecule has 0 saturated carbocycles. The molecule has 0 unspecified atom stereocenters. The number of amides is 2. The highest BCUT2D eigenvalue weighted by atomic mass is 32.1. The van der Waals surface area contributed by atoms with E-state index in [0.29, 0.717) is 11.3 Å². The summed E-state index contributed by atoms with van der Waals surface area (Å²) in [6.45, 7) is 5.71. The Labute approximate surface area is 155 Å². The third kappa shape index (κ3) is 4.18. The second-order valence-electron chi connectivity index (χ2n) is 6.85. The average molecular weight is 368 g/mol. The number of aromatic nitrogens is 2. The van der Waals surface area contributed by atoms with Gasteiger partial charge >= 0.3 is 0 Å². The van der Waals surface area contributed by atoms with Crippen molar-refractivity contribution in [3.8, 4) is 10.6 Å². The van der Waals surface area contributed by atoms with E-state index >= 15 is 0 Å². The summed E-state index contributed by atoms with van der Waals surface area (Å²) in [5.41, 5.74) is 1.53. The van der Waals surface area contributed by atoms with Gasteiger partial charge in [0.1, 0.15) is 0 Å². The number of hydrogen-bond acceptors (Lipinski definition) is 4. The van der Waals surface area contributed by atoms with Crippen molar-refractivity contribution >= 4 is 28.8 Å². The third-order valence-electron chi connectivity index (χ3n) is 3.51. The molecule has 134 valence electrons. The van der Waals surface area contributed by atoms with Gasteiger partial charge in [0.05, 0.1) is 21.8 Å². The minimum atomic E-state index is -0.375. The number of rotatable bonds is 4. The maximum absolute atomic E-state index is 12.5. The molecule has 3 N–H and O–H groups in total. The van der Waals surface area contributed by atoms with Crippen molar-refractivity contribution in [2.75, 3.05) is 5.32 Å². The first kappa shape index (κ1) is 17.9. The summed E-state index contributed by atoms with van der Waals surface area (Å²) >= 11 is 1.56. The van der Waals surface area contributed by atoms with E-state index in [0.717, 1.165) is 10.6 Å². The Morgan fingerprint density at radius 3 is 2.54 bits per heavy atom. The van der Waals surface area contributed by atoms with Crippen LogP contribution in [-0.4, -0.2) is 27.6 Å². The molecule has 0 aliphatic rings. The van der Waals surface area contributed by atoms with Gasteiger partial charge in [-0.2, -0.15) is 5.10 Å². The molecule has 0 atom stereocenters. The molecule has 0 saturated heterocycles. The number of benzene rings is 1. The van der Waals surface area contributed by atoms with E-state index in [-0.39, 0.29) is 23.0 Å². The minimum absolute atomic E-state index is 0.241. The number of anilines is 1. The average Bonchev–Trinajstić information content (AvgIpc) is 3.25.